The molecule has 12 aromatic rings. The third-order valence-corrected chi connectivity index (χ3v) is 12.2. The molecular weight excluding hydrogens is 741 g/mol. The summed E-state index contributed by atoms with van der Waals surface area (Å²) < 4.78 is 6.52. The molecule has 1 aromatic heterocycles. The van der Waals surface area contributed by atoms with E-state index in [0.717, 1.165) is 67.2 Å². The first kappa shape index (κ1) is 34.9. The van der Waals surface area contributed by atoms with E-state index >= 15 is 0 Å². The van der Waals surface area contributed by atoms with Crippen molar-refractivity contribution in [1.29, 1.82) is 0 Å². The van der Waals surface area contributed by atoms with E-state index in [0.29, 0.717) is 0 Å². The summed E-state index contributed by atoms with van der Waals surface area (Å²) in [6.07, 6.45) is 0. The lowest BCUT2D eigenvalue weighted by Crippen LogP contribution is -2.14. The maximum Gasteiger partial charge on any atom is 0.136 e. The van der Waals surface area contributed by atoms with Gasteiger partial charge in [0.25, 0.3) is 0 Å². The van der Waals surface area contributed by atoms with Gasteiger partial charge >= 0.3 is 0 Å². The Balaban J connectivity index is 1.20. The number of rotatable bonds is 7. The quantitative estimate of drug-likeness (QED) is 0.161. The van der Waals surface area contributed by atoms with Crippen LogP contribution in [0.25, 0.3) is 76.2 Å². The van der Waals surface area contributed by atoms with Gasteiger partial charge in [0.15, 0.2) is 0 Å². The topological polar surface area (TPSA) is 19.6 Å². The number of fused-ring (bicyclic) bond motifs is 7. The van der Waals surface area contributed by atoms with Crippen LogP contribution in [0.3, 0.4) is 0 Å². The van der Waals surface area contributed by atoms with Gasteiger partial charge in [0, 0.05) is 43.7 Å². The Morgan fingerprint density at radius 3 is 1.05 bits per heavy atom. The van der Waals surface area contributed by atoms with Gasteiger partial charge in [-0.15, -0.1) is 0 Å². The fraction of sp³-hybridized carbons (Fsp3) is 0. The number of nitrogens with zero attached hydrogens (tertiary/aromatic N) is 2. The van der Waals surface area contributed by atoms with Gasteiger partial charge < -0.3 is 14.2 Å². The summed E-state index contributed by atoms with van der Waals surface area (Å²) in [5, 5.41) is 11.7. The zero-order chi connectivity index (χ0) is 40.3. The lowest BCUT2D eigenvalue weighted by molar-refractivity contribution is 0.669. The second-order valence-corrected chi connectivity index (χ2v) is 15.7. The van der Waals surface area contributed by atoms with Crippen LogP contribution >= 0.6 is 0 Å². The second kappa shape index (κ2) is 14.3. The van der Waals surface area contributed by atoms with Gasteiger partial charge in [-0.2, -0.15) is 0 Å². The molecule has 61 heavy (non-hydrogen) atoms. The van der Waals surface area contributed by atoms with Crippen LogP contribution in [0.4, 0.5) is 34.1 Å². The zero-order valence-electron chi connectivity index (χ0n) is 33.2. The molecule has 1 heterocycles. The van der Waals surface area contributed by atoms with E-state index in [-0.39, 0.29) is 0 Å². The fourth-order valence-electron chi connectivity index (χ4n) is 9.35. The highest BCUT2D eigenvalue weighted by molar-refractivity contribution is 6.09. The Morgan fingerprint density at radius 2 is 0.607 bits per heavy atom. The Kier molecular flexibility index (Phi) is 8.17. The van der Waals surface area contributed by atoms with Crippen molar-refractivity contribution in [2.45, 2.75) is 0 Å². The van der Waals surface area contributed by atoms with Crippen molar-refractivity contribution < 1.29 is 4.42 Å². The van der Waals surface area contributed by atoms with Crippen LogP contribution in [0.15, 0.2) is 235 Å². The summed E-state index contributed by atoms with van der Waals surface area (Å²) in [5.41, 5.74) is 10.4. The molecule has 0 aliphatic carbocycles. The molecule has 0 atom stereocenters. The first-order valence-corrected chi connectivity index (χ1v) is 20.8. The number of hydrogen-bond donors (Lipinski definition) is 0. The van der Waals surface area contributed by atoms with E-state index in [4.69, 9.17) is 4.42 Å². The van der Waals surface area contributed by atoms with Crippen LogP contribution < -0.4 is 9.80 Å². The van der Waals surface area contributed by atoms with Crippen molar-refractivity contribution in [3.63, 3.8) is 0 Å². The zero-order valence-corrected chi connectivity index (χ0v) is 33.2. The first-order valence-electron chi connectivity index (χ1n) is 20.8. The van der Waals surface area contributed by atoms with Gasteiger partial charge in [0.2, 0.25) is 0 Å². The Labute approximate surface area is 353 Å². The van der Waals surface area contributed by atoms with Crippen molar-refractivity contribution in [3.8, 4) is 11.1 Å². The molecule has 12 rings (SSSR count). The summed E-state index contributed by atoms with van der Waals surface area (Å²) in [4.78, 5) is 4.92. The summed E-state index contributed by atoms with van der Waals surface area (Å²) >= 11 is 0. The Bertz CT molecular complexity index is 3280. The van der Waals surface area contributed by atoms with E-state index in [1.807, 2.05) is 12.1 Å². The number of anilines is 6. The van der Waals surface area contributed by atoms with Gasteiger partial charge in [-0.25, -0.2) is 0 Å². The standard InChI is InChI=1S/C58H38N2O/c1-5-23-47-39(15-1)19-11-28-53(47)59(54-29-12-20-40-16-2-6-24-48(40)54)45-35-44(43-33-34-52-51-27-9-10-32-57(51)61-58(52)37-43)36-46(38-45)60(55-30-13-21-41-17-3-7-25-49(41)55)56-31-14-22-42-18-4-8-26-50(42)56/h1-38H. The van der Waals surface area contributed by atoms with E-state index < -0.39 is 0 Å². The van der Waals surface area contributed by atoms with Crippen molar-refractivity contribution in [2.24, 2.45) is 0 Å². The molecule has 0 N–H and O–H groups in total. The second-order valence-electron chi connectivity index (χ2n) is 15.7. The number of hydrogen-bond acceptors (Lipinski definition) is 3. The number of benzene rings is 11. The molecule has 3 heteroatoms. The Morgan fingerprint density at radius 1 is 0.246 bits per heavy atom. The molecule has 3 nitrogen and oxygen atoms in total. The minimum Gasteiger partial charge on any atom is -0.456 e. The molecule has 0 bridgehead atoms. The van der Waals surface area contributed by atoms with Crippen molar-refractivity contribution in [3.05, 3.63) is 231 Å². The van der Waals surface area contributed by atoms with Gasteiger partial charge in [-0.1, -0.05) is 170 Å². The highest BCUT2D eigenvalue weighted by Gasteiger charge is 2.24. The molecule has 0 unspecified atom stereocenters. The highest BCUT2D eigenvalue weighted by Crippen LogP contribution is 2.48. The lowest BCUT2D eigenvalue weighted by atomic mass is 9.98. The number of furan rings is 1. The van der Waals surface area contributed by atoms with Crippen molar-refractivity contribution >= 4 is 99.2 Å². The van der Waals surface area contributed by atoms with E-state index in [9.17, 15) is 0 Å². The normalized spacial score (nSPS) is 11.6. The molecule has 0 aliphatic rings. The lowest BCUT2D eigenvalue weighted by Gasteiger charge is -2.32. The van der Waals surface area contributed by atoms with E-state index in [1.165, 1.54) is 43.1 Å². The average molecular weight is 779 g/mol. The molecule has 0 saturated heterocycles. The molecule has 0 saturated carbocycles. The van der Waals surface area contributed by atoms with Crippen molar-refractivity contribution in [1.82, 2.24) is 0 Å². The maximum atomic E-state index is 6.52. The van der Waals surface area contributed by atoms with Crippen LogP contribution in [0.5, 0.6) is 0 Å². The number of para-hydroxylation sites is 1. The molecule has 11 aromatic carbocycles. The third-order valence-electron chi connectivity index (χ3n) is 12.2. The van der Waals surface area contributed by atoms with Gasteiger partial charge in [0.1, 0.15) is 11.2 Å². The monoisotopic (exact) mass is 778 g/mol. The minimum atomic E-state index is 0.866. The fourth-order valence-corrected chi connectivity index (χ4v) is 9.35. The average Bonchev–Trinajstić information content (AvgIpc) is 3.70. The Hall–Kier alpha value is -8.14. The third kappa shape index (κ3) is 5.90. The maximum absolute atomic E-state index is 6.52. The summed E-state index contributed by atoms with van der Waals surface area (Å²) in [5.74, 6) is 0. The first-order chi connectivity index (χ1) is 30.2. The largest absolute Gasteiger partial charge is 0.456 e. The van der Waals surface area contributed by atoms with Gasteiger partial charge in [-0.3, -0.25) is 0 Å². The molecule has 0 radical (unpaired) electrons. The predicted octanol–water partition coefficient (Wildman–Crippen LogP) is 16.8. The molecule has 0 amide bonds. The van der Waals surface area contributed by atoms with Crippen LogP contribution in [-0.4, -0.2) is 0 Å². The summed E-state index contributed by atoms with van der Waals surface area (Å²) in [7, 11) is 0. The highest BCUT2D eigenvalue weighted by atomic mass is 16.3. The van der Waals surface area contributed by atoms with Crippen molar-refractivity contribution in [2.75, 3.05) is 9.80 Å². The summed E-state index contributed by atoms with van der Waals surface area (Å²) in [6, 6.07) is 83.3. The van der Waals surface area contributed by atoms with Crippen LogP contribution in [-0.2, 0) is 0 Å². The smallest absolute Gasteiger partial charge is 0.136 e. The van der Waals surface area contributed by atoms with Gasteiger partial charge in [-0.05, 0) is 93.3 Å². The predicted molar refractivity (Wildman–Crippen MR) is 259 cm³/mol. The van der Waals surface area contributed by atoms with Crippen LogP contribution in [0.1, 0.15) is 0 Å². The van der Waals surface area contributed by atoms with Gasteiger partial charge in [0.05, 0.1) is 22.7 Å². The molecule has 0 spiro atoms. The minimum absolute atomic E-state index is 0.866. The molecule has 0 fully saturated rings. The van der Waals surface area contributed by atoms with Crippen LogP contribution in [0.2, 0.25) is 0 Å². The van der Waals surface area contributed by atoms with Crippen LogP contribution in [0, 0.1) is 0 Å². The molecule has 0 aliphatic heterocycles. The molecular formula is C58H38N2O. The van der Waals surface area contributed by atoms with E-state index in [1.54, 1.807) is 0 Å². The van der Waals surface area contributed by atoms with E-state index in [2.05, 4.69) is 228 Å². The summed E-state index contributed by atoms with van der Waals surface area (Å²) in [6.45, 7) is 0. The SMILES string of the molecule is c1ccc2c(N(c3cc(-c4ccc5c(c4)oc4ccccc45)cc(N(c4cccc5ccccc45)c4cccc5ccccc45)c3)c3cccc4ccccc34)cccc2c1. The molecule has 286 valence electrons.